The molecule has 3 rings (SSSR count). The lowest BCUT2D eigenvalue weighted by atomic mass is 10.0. The fourth-order valence-electron chi connectivity index (χ4n) is 3.32. The van der Waals surface area contributed by atoms with E-state index in [4.69, 9.17) is 0 Å². The average Bonchev–Trinajstić information content (AvgIpc) is 2.65. The first kappa shape index (κ1) is 18.1. The van der Waals surface area contributed by atoms with Crippen molar-refractivity contribution < 1.29 is 9.59 Å². The maximum atomic E-state index is 12.7. The van der Waals surface area contributed by atoms with Gasteiger partial charge in [-0.1, -0.05) is 48.0 Å². The van der Waals surface area contributed by atoms with Gasteiger partial charge in [-0.15, -0.1) is 0 Å². The zero-order valence-corrected chi connectivity index (χ0v) is 15.3. The van der Waals surface area contributed by atoms with Gasteiger partial charge in [-0.25, -0.2) is 0 Å². The van der Waals surface area contributed by atoms with Crippen molar-refractivity contribution in [2.45, 2.75) is 19.4 Å². The Morgan fingerprint density at radius 1 is 1.12 bits per heavy atom. The molecule has 1 saturated heterocycles. The monoisotopic (exact) mass is 351 g/mol. The van der Waals surface area contributed by atoms with E-state index in [1.807, 2.05) is 59.2 Å². The number of likely N-dealkylation sites (N-methyl/N-ethyl adjacent to an activating group) is 1. The molecule has 2 aromatic carbocycles. The summed E-state index contributed by atoms with van der Waals surface area (Å²) < 4.78 is 0. The van der Waals surface area contributed by atoms with Gasteiger partial charge in [-0.05, 0) is 31.0 Å². The Kier molecular flexibility index (Phi) is 5.68. The number of hydrogen-bond donors (Lipinski definition) is 1. The van der Waals surface area contributed by atoms with Gasteiger partial charge in [-0.3, -0.25) is 14.5 Å². The zero-order chi connectivity index (χ0) is 18.5. The normalized spacial score (nSPS) is 18.0. The number of piperazine rings is 1. The molecular formula is C21H25N3O2. The molecule has 2 aromatic rings. The maximum absolute atomic E-state index is 12.7. The van der Waals surface area contributed by atoms with Crippen molar-refractivity contribution in [1.29, 1.82) is 0 Å². The number of hydrogen-bond acceptors (Lipinski definition) is 3. The summed E-state index contributed by atoms with van der Waals surface area (Å²) in [6.07, 6.45) is 0.799. The van der Waals surface area contributed by atoms with Crippen molar-refractivity contribution in [1.82, 2.24) is 10.2 Å². The van der Waals surface area contributed by atoms with E-state index in [1.165, 1.54) is 11.1 Å². The van der Waals surface area contributed by atoms with E-state index in [0.29, 0.717) is 6.54 Å². The Morgan fingerprint density at radius 2 is 1.81 bits per heavy atom. The predicted octanol–water partition coefficient (Wildman–Crippen LogP) is 2.00. The van der Waals surface area contributed by atoms with Crippen LogP contribution >= 0.6 is 0 Å². The molecule has 1 aliphatic rings. The molecule has 1 aliphatic heterocycles. The fraction of sp³-hybridized carbons (Fsp3) is 0.333. The van der Waals surface area contributed by atoms with Crippen molar-refractivity contribution >= 4 is 17.5 Å². The summed E-state index contributed by atoms with van der Waals surface area (Å²) in [6, 6.07) is 18.3. The van der Waals surface area contributed by atoms with Crippen LogP contribution in [0, 0.1) is 6.92 Å². The number of carbonyl (C=O) groups is 2. The molecule has 0 aromatic heterocycles. The first-order valence-electron chi connectivity index (χ1n) is 8.92. The smallest absolute Gasteiger partial charge is 0.241 e. The molecule has 1 atom stereocenters. The zero-order valence-electron chi connectivity index (χ0n) is 15.3. The molecule has 5 nitrogen and oxygen atoms in total. The van der Waals surface area contributed by atoms with Crippen LogP contribution in [0.5, 0.6) is 0 Å². The molecule has 0 spiro atoms. The van der Waals surface area contributed by atoms with E-state index in [2.05, 4.69) is 17.4 Å². The Labute approximate surface area is 154 Å². The quantitative estimate of drug-likeness (QED) is 0.896. The second-order valence-corrected chi connectivity index (χ2v) is 6.76. The van der Waals surface area contributed by atoms with Crippen LogP contribution in [0.25, 0.3) is 0 Å². The van der Waals surface area contributed by atoms with Crippen LogP contribution in [-0.2, 0) is 16.0 Å². The molecule has 136 valence electrons. The van der Waals surface area contributed by atoms with Gasteiger partial charge in [0.25, 0.3) is 0 Å². The van der Waals surface area contributed by atoms with E-state index in [0.717, 1.165) is 12.1 Å². The van der Waals surface area contributed by atoms with Crippen molar-refractivity contribution in [2.24, 2.45) is 0 Å². The van der Waals surface area contributed by atoms with Crippen molar-refractivity contribution in [3.8, 4) is 0 Å². The second-order valence-electron chi connectivity index (χ2n) is 6.76. The number of aryl methyl sites for hydroxylation is 1. The first-order valence-corrected chi connectivity index (χ1v) is 8.92. The summed E-state index contributed by atoms with van der Waals surface area (Å²) >= 11 is 0. The Bertz CT molecular complexity index is 759. The Morgan fingerprint density at radius 3 is 2.46 bits per heavy atom. The Balaban J connectivity index is 1.82. The Hall–Kier alpha value is -2.66. The molecule has 2 amide bonds. The van der Waals surface area contributed by atoms with Gasteiger partial charge < -0.3 is 10.2 Å². The van der Waals surface area contributed by atoms with Gasteiger partial charge in [-0.2, -0.15) is 0 Å². The lowest BCUT2D eigenvalue weighted by molar-refractivity contribution is -0.126. The SMILES string of the molecule is CNC(=O)CN1CC(=O)N(c2ccc(C)cc2)CC1Cc1ccccc1. The molecule has 26 heavy (non-hydrogen) atoms. The molecule has 1 heterocycles. The second kappa shape index (κ2) is 8.15. The summed E-state index contributed by atoms with van der Waals surface area (Å²) in [7, 11) is 1.62. The molecule has 5 heteroatoms. The van der Waals surface area contributed by atoms with Crippen LogP contribution in [0.2, 0.25) is 0 Å². The number of rotatable bonds is 5. The molecule has 0 aliphatic carbocycles. The highest BCUT2D eigenvalue weighted by molar-refractivity contribution is 5.96. The molecule has 1 fully saturated rings. The largest absolute Gasteiger partial charge is 0.358 e. The molecule has 1 N–H and O–H groups in total. The van der Waals surface area contributed by atoms with Gasteiger partial charge >= 0.3 is 0 Å². The van der Waals surface area contributed by atoms with E-state index < -0.39 is 0 Å². The number of nitrogens with one attached hydrogen (secondary N) is 1. The minimum atomic E-state index is -0.0698. The third kappa shape index (κ3) is 4.29. The minimum Gasteiger partial charge on any atom is -0.358 e. The third-order valence-electron chi connectivity index (χ3n) is 4.83. The molecule has 1 unspecified atom stereocenters. The number of carbonyl (C=O) groups excluding carboxylic acids is 2. The van der Waals surface area contributed by atoms with Crippen LogP contribution in [-0.4, -0.2) is 49.4 Å². The number of nitrogens with zero attached hydrogens (tertiary/aromatic N) is 2. The third-order valence-corrected chi connectivity index (χ3v) is 4.83. The van der Waals surface area contributed by atoms with E-state index in [1.54, 1.807) is 7.05 Å². The molecular weight excluding hydrogens is 326 g/mol. The van der Waals surface area contributed by atoms with E-state index >= 15 is 0 Å². The van der Waals surface area contributed by atoms with Crippen LogP contribution < -0.4 is 10.2 Å². The van der Waals surface area contributed by atoms with E-state index in [-0.39, 0.29) is 30.9 Å². The molecule has 0 radical (unpaired) electrons. The average molecular weight is 351 g/mol. The fourth-order valence-corrected chi connectivity index (χ4v) is 3.32. The summed E-state index contributed by atoms with van der Waals surface area (Å²) in [5.41, 5.74) is 3.29. The van der Waals surface area contributed by atoms with Gasteiger partial charge in [0, 0.05) is 25.3 Å². The number of amides is 2. The van der Waals surface area contributed by atoms with Crippen molar-refractivity contribution in [2.75, 3.05) is 31.6 Å². The lowest BCUT2D eigenvalue weighted by Gasteiger charge is -2.40. The highest BCUT2D eigenvalue weighted by atomic mass is 16.2. The molecule has 0 saturated carbocycles. The van der Waals surface area contributed by atoms with Gasteiger partial charge in [0.15, 0.2) is 0 Å². The minimum absolute atomic E-state index is 0.0297. The van der Waals surface area contributed by atoms with Crippen molar-refractivity contribution in [3.63, 3.8) is 0 Å². The summed E-state index contributed by atoms with van der Waals surface area (Å²) in [6.45, 7) is 3.10. The van der Waals surface area contributed by atoms with Crippen LogP contribution in [0.4, 0.5) is 5.69 Å². The van der Waals surface area contributed by atoms with Gasteiger partial charge in [0.1, 0.15) is 0 Å². The lowest BCUT2D eigenvalue weighted by Crippen LogP contribution is -2.58. The first-order chi connectivity index (χ1) is 12.6. The van der Waals surface area contributed by atoms with Crippen LogP contribution in [0.3, 0.4) is 0 Å². The number of anilines is 1. The summed E-state index contributed by atoms with van der Waals surface area (Å²) in [5.74, 6) is -0.0401. The van der Waals surface area contributed by atoms with Gasteiger partial charge in [0.2, 0.25) is 11.8 Å². The topological polar surface area (TPSA) is 52.7 Å². The van der Waals surface area contributed by atoms with Crippen LogP contribution in [0.1, 0.15) is 11.1 Å². The molecule has 0 bridgehead atoms. The standard InChI is InChI=1S/C21H25N3O2/c1-16-8-10-18(11-9-16)24-13-19(12-17-6-4-3-5-7-17)23(15-21(24)26)14-20(25)22-2/h3-11,19H,12-15H2,1-2H3,(H,22,25). The highest BCUT2D eigenvalue weighted by Crippen LogP contribution is 2.22. The van der Waals surface area contributed by atoms with Crippen LogP contribution in [0.15, 0.2) is 54.6 Å². The summed E-state index contributed by atoms with van der Waals surface area (Å²) in [5, 5.41) is 2.66. The summed E-state index contributed by atoms with van der Waals surface area (Å²) in [4.78, 5) is 28.4. The van der Waals surface area contributed by atoms with Gasteiger partial charge in [0.05, 0.1) is 13.1 Å². The maximum Gasteiger partial charge on any atom is 0.241 e. The number of benzene rings is 2. The van der Waals surface area contributed by atoms with E-state index in [9.17, 15) is 9.59 Å². The highest BCUT2D eigenvalue weighted by Gasteiger charge is 2.33. The van der Waals surface area contributed by atoms with Crippen molar-refractivity contribution in [3.05, 3.63) is 65.7 Å². The predicted molar refractivity (Wildman–Crippen MR) is 103 cm³/mol.